The van der Waals surface area contributed by atoms with Crippen molar-refractivity contribution in [2.24, 2.45) is 10.8 Å². The molecule has 0 radical (unpaired) electrons. The van der Waals surface area contributed by atoms with Crippen molar-refractivity contribution in [1.29, 1.82) is 0 Å². The maximum atomic E-state index is 12.1. The predicted octanol–water partition coefficient (Wildman–Crippen LogP) is 2.28. The molecular weight excluding hydrogens is 232 g/mol. The lowest BCUT2D eigenvalue weighted by Crippen LogP contribution is -2.37. The molecule has 1 fully saturated rings. The summed E-state index contributed by atoms with van der Waals surface area (Å²) in [4.78, 5) is 12.1. The van der Waals surface area contributed by atoms with Crippen molar-refractivity contribution in [2.45, 2.75) is 46.3 Å². The van der Waals surface area contributed by atoms with Gasteiger partial charge in [0.15, 0.2) is 6.79 Å². The molecule has 0 aromatic carbocycles. The third-order valence-corrected chi connectivity index (χ3v) is 3.35. The van der Waals surface area contributed by atoms with Crippen molar-refractivity contribution >= 4 is 5.97 Å². The van der Waals surface area contributed by atoms with Gasteiger partial charge in [-0.3, -0.25) is 4.79 Å². The van der Waals surface area contributed by atoms with Crippen molar-refractivity contribution < 1.29 is 19.0 Å². The lowest BCUT2D eigenvalue weighted by atomic mass is 9.79. The molecule has 102 valence electrons. The largest absolute Gasteiger partial charge is 0.438 e. The second kappa shape index (κ2) is 4.67. The highest BCUT2D eigenvalue weighted by atomic mass is 16.7. The SMILES string of the molecule is CC(C)(C)COCOC(=O)C1(C)CC2C=CC1O2. The quantitative estimate of drug-likeness (QED) is 0.334. The van der Waals surface area contributed by atoms with Crippen LogP contribution in [0.1, 0.15) is 34.1 Å². The summed E-state index contributed by atoms with van der Waals surface area (Å²) in [5, 5.41) is 0. The number of rotatable bonds is 4. The van der Waals surface area contributed by atoms with Crippen molar-refractivity contribution in [2.75, 3.05) is 13.4 Å². The van der Waals surface area contributed by atoms with Crippen LogP contribution in [-0.4, -0.2) is 31.6 Å². The van der Waals surface area contributed by atoms with E-state index in [4.69, 9.17) is 14.2 Å². The van der Waals surface area contributed by atoms with E-state index in [9.17, 15) is 4.79 Å². The number of esters is 1. The number of fused-ring (bicyclic) bond motifs is 2. The Morgan fingerprint density at radius 3 is 2.67 bits per heavy atom. The highest BCUT2D eigenvalue weighted by molar-refractivity contribution is 5.78. The fourth-order valence-corrected chi connectivity index (χ4v) is 2.32. The first-order valence-electron chi connectivity index (χ1n) is 6.40. The van der Waals surface area contributed by atoms with E-state index in [2.05, 4.69) is 20.8 Å². The van der Waals surface area contributed by atoms with E-state index in [1.807, 2.05) is 19.1 Å². The fourth-order valence-electron chi connectivity index (χ4n) is 2.32. The van der Waals surface area contributed by atoms with Crippen LogP contribution in [0, 0.1) is 10.8 Å². The highest BCUT2D eigenvalue weighted by Gasteiger charge is 2.52. The van der Waals surface area contributed by atoms with Gasteiger partial charge in [0, 0.05) is 0 Å². The Balaban J connectivity index is 1.77. The third kappa shape index (κ3) is 2.75. The molecule has 4 nitrogen and oxygen atoms in total. The molecule has 0 aromatic heterocycles. The van der Waals surface area contributed by atoms with Crippen molar-refractivity contribution in [3.8, 4) is 0 Å². The summed E-state index contributed by atoms with van der Waals surface area (Å²) >= 11 is 0. The van der Waals surface area contributed by atoms with E-state index in [1.165, 1.54) is 0 Å². The van der Waals surface area contributed by atoms with Gasteiger partial charge in [-0.05, 0) is 18.8 Å². The predicted molar refractivity (Wildman–Crippen MR) is 66.9 cm³/mol. The summed E-state index contributed by atoms with van der Waals surface area (Å²) in [6.07, 6.45) is 4.59. The molecule has 0 aromatic rings. The first-order valence-corrected chi connectivity index (χ1v) is 6.40. The van der Waals surface area contributed by atoms with Gasteiger partial charge in [-0.25, -0.2) is 0 Å². The van der Waals surface area contributed by atoms with E-state index in [0.717, 1.165) is 0 Å². The number of ether oxygens (including phenoxy) is 3. The Morgan fingerprint density at radius 1 is 1.44 bits per heavy atom. The van der Waals surface area contributed by atoms with Crippen molar-refractivity contribution in [1.82, 2.24) is 0 Å². The minimum Gasteiger partial charge on any atom is -0.438 e. The minimum atomic E-state index is -0.551. The molecule has 18 heavy (non-hydrogen) atoms. The van der Waals surface area contributed by atoms with Crippen LogP contribution in [0.2, 0.25) is 0 Å². The second-order valence-electron chi connectivity index (χ2n) is 6.56. The van der Waals surface area contributed by atoms with Crippen molar-refractivity contribution in [3.05, 3.63) is 12.2 Å². The fraction of sp³-hybridized carbons (Fsp3) is 0.786. The first-order chi connectivity index (χ1) is 8.31. The van der Waals surface area contributed by atoms with Crippen LogP contribution < -0.4 is 0 Å². The number of hydrogen-bond donors (Lipinski definition) is 0. The van der Waals surface area contributed by atoms with Gasteiger partial charge in [0.2, 0.25) is 0 Å². The van der Waals surface area contributed by atoms with E-state index in [1.54, 1.807) is 0 Å². The van der Waals surface area contributed by atoms with Gasteiger partial charge in [-0.1, -0.05) is 32.9 Å². The number of carbonyl (C=O) groups excluding carboxylic acids is 1. The Kier molecular flexibility index (Phi) is 3.52. The van der Waals surface area contributed by atoms with Gasteiger partial charge >= 0.3 is 5.97 Å². The molecule has 3 atom stereocenters. The monoisotopic (exact) mass is 254 g/mol. The molecular formula is C14H22O4. The lowest BCUT2D eigenvalue weighted by molar-refractivity contribution is -0.171. The van der Waals surface area contributed by atoms with Crippen LogP contribution in [0.15, 0.2) is 12.2 Å². The minimum absolute atomic E-state index is 0.0206. The zero-order valence-corrected chi connectivity index (χ0v) is 11.6. The second-order valence-corrected chi connectivity index (χ2v) is 6.56. The topological polar surface area (TPSA) is 44.8 Å². The van der Waals surface area contributed by atoms with Crippen LogP contribution in [0.3, 0.4) is 0 Å². The van der Waals surface area contributed by atoms with E-state index in [0.29, 0.717) is 13.0 Å². The maximum Gasteiger partial charge on any atom is 0.317 e. The Bertz CT molecular complexity index is 355. The van der Waals surface area contributed by atoms with Crippen LogP contribution in [-0.2, 0) is 19.0 Å². The molecule has 2 rings (SSSR count). The smallest absolute Gasteiger partial charge is 0.317 e. The average molecular weight is 254 g/mol. The summed E-state index contributed by atoms with van der Waals surface area (Å²) in [6.45, 7) is 8.71. The van der Waals surface area contributed by atoms with Crippen LogP contribution in [0.25, 0.3) is 0 Å². The summed E-state index contributed by atoms with van der Waals surface area (Å²) in [5.41, 5.74) is -0.473. The average Bonchev–Trinajstić information content (AvgIpc) is 2.82. The lowest BCUT2D eigenvalue weighted by Gasteiger charge is -2.26. The highest BCUT2D eigenvalue weighted by Crippen LogP contribution is 2.44. The summed E-state index contributed by atoms with van der Waals surface area (Å²) < 4.78 is 16.2. The molecule has 2 heterocycles. The van der Waals surface area contributed by atoms with Crippen LogP contribution in [0.4, 0.5) is 0 Å². The van der Waals surface area contributed by atoms with Gasteiger partial charge in [-0.15, -0.1) is 0 Å². The van der Waals surface area contributed by atoms with E-state index >= 15 is 0 Å². The van der Waals surface area contributed by atoms with Crippen LogP contribution in [0.5, 0.6) is 0 Å². The molecule has 2 aliphatic heterocycles. The van der Waals surface area contributed by atoms with Gasteiger partial charge < -0.3 is 14.2 Å². The summed E-state index contributed by atoms with van der Waals surface area (Å²) in [7, 11) is 0. The summed E-state index contributed by atoms with van der Waals surface area (Å²) in [6, 6.07) is 0. The molecule has 0 spiro atoms. The molecule has 0 N–H and O–H groups in total. The van der Waals surface area contributed by atoms with E-state index in [-0.39, 0.29) is 30.4 Å². The van der Waals surface area contributed by atoms with E-state index < -0.39 is 5.41 Å². The zero-order valence-electron chi connectivity index (χ0n) is 11.6. The standard InChI is InChI=1S/C14H22O4/c1-13(2,3)8-16-9-17-12(15)14(4)7-10-5-6-11(14)18-10/h5-6,10-11H,7-9H2,1-4H3. The van der Waals surface area contributed by atoms with Gasteiger partial charge in [0.1, 0.15) is 0 Å². The molecule has 2 bridgehead atoms. The number of hydrogen-bond acceptors (Lipinski definition) is 4. The normalized spacial score (nSPS) is 34.0. The summed E-state index contributed by atoms with van der Waals surface area (Å²) in [5.74, 6) is -0.228. The van der Waals surface area contributed by atoms with Gasteiger partial charge in [-0.2, -0.15) is 0 Å². The Hall–Kier alpha value is -0.870. The Morgan fingerprint density at radius 2 is 2.17 bits per heavy atom. The third-order valence-electron chi connectivity index (χ3n) is 3.35. The molecule has 3 unspecified atom stereocenters. The van der Waals surface area contributed by atoms with Crippen LogP contribution >= 0.6 is 0 Å². The molecule has 1 saturated heterocycles. The zero-order chi connectivity index (χ0) is 13.4. The Labute approximate surface area is 108 Å². The molecule has 0 amide bonds. The number of carbonyl (C=O) groups is 1. The van der Waals surface area contributed by atoms with Gasteiger partial charge in [0.25, 0.3) is 0 Å². The first kappa shape index (κ1) is 13.6. The molecule has 2 aliphatic rings. The molecule has 0 saturated carbocycles. The van der Waals surface area contributed by atoms with Gasteiger partial charge in [0.05, 0.1) is 24.2 Å². The molecule has 0 aliphatic carbocycles. The molecule has 4 heteroatoms. The van der Waals surface area contributed by atoms with Crippen molar-refractivity contribution in [3.63, 3.8) is 0 Å². The maximum absolute atomic E-state index is 12.1.